The van der Waals surface area contributed by atoms with Crippen LogP contribution in [0.4, 0.5) is 0 Å². The molecule has 0 fully saturated rings. The standard InChI is InChI=1S/C15H23NO4/c1-3-15(10-17,11-18)16-9-13-7-5-4-6-12(13)8-14(19)20-2/h4-7,16-18H,3,8-11H2,1-2H3. The fraction of sp³-hybridized carbons (Fsp3) is 0.533. The van der Waals surface area contributed by atoms with Gasteiger partial charge in [-0.25, -0.2) is 0 Å². The van der Waals surface area contributed by atoms with E-state index in [9.17, 15) is 15.0 Å². The average molecular weight is 281 g/mol. The molecule has 3 N–H and O–H groups in total. The topological polar surface area (TPSA) is 78.8 Å². The number of carbonyl (C=O) groups is 1. The van der Waals surface area contributed by atoms with Gasteiger partial charge in [0.05, 0.1) is 32.3 Å². The van der Waals surface area contributed by atoms with Crippen LogP contribution in [-0.4, -0.2) is 42.0 Å². The Morgan fingerprint density at radius 1 is 1.25 bits per heavy atom. The molecule has 20 heavy (non-hydrogen) atoms. The summed E-state index contributed by atoms with van der Waals surface area (Å²) in [4.78, 5) is 11.4. The number of aliphatic hydroxyl groups excluding tert-OH is 2. The van der Waals surface area contributed by atoms with E-state index in [0.717, 1.165) is 11.1 Å². The molecule has 0 amide bonds. The zero-order valence-electron chi connectivity index (χ0n) is 12.1. The zero-order chi connectivity index (χ0) is 15.0. The minimum Gasteiger partial charge on any atom is -0.469 e. The third kappa shape index (κ3) is 4.30. The molecule has 0 unspecified atom stereocenters. The van der Waals surface area contributed by atoms with E-state index in [0.29, 0.717) is 13.0 Å². The molecule has 112 valence electrons. The first kappa shape index (κ1) is 16.6. The van der Waals surface area contributed by atoms with Crippen LogP contribution < -0.4 is 5.32 Å². The SMILES string of the molecule is CCC(CO)(CO)NCc1ccccc1CC(=O)OC. The van der Waals surface area contributed by atoms with E-state index in [1.54, 1.807) is 0 Å². The lowest BCUT2D eigenvalue weighted by molar-refractivity contribution is -0.139. The van der Waals surface area contributed by atoms with Gasteiger partial charge in [-0.3, -0.25) is 4.79 Å². The smallest absolute Gasteiger partial charge is 0.309 e. The molecule has 0 aliphatic rings. The third-order valence-electron chi connectivity index (χ3n) is 3.62. The molecule has 0 aliphatic heterocycles. The van der Waals surface area contributed by atoms with Gasteiger partial charge in [-0.05, 0) is 17.5 Å². The number of nitrogens with one attached hydrogen (secondary N) is 1. The van der Waals surface area contributed by atoms with Gasteiger partial charge >= 0.3 is 5.97 Å². The van der Waals surface area contributed by atoms with Gasteiger partial charge in [0, 0.05) is 6.54 Å². The van der Waals surface area contributed by atoms with Gasteiger partial charge < -0.3 is 20.3 Å². The Hall–Kier alpha value is -1.43. The Labute approximate surface area is 119 Å². The Morgan fingerprint density at radius 2 is 1.85 bits per heavy atom. The second-order valence-electron chi connectivity index (χ2n) is 4.83. The highest BCUT2D eigenvalue weighted by molar-refractivity contribution is 5.72. The highest BCUT2D eigenvalue weighted by atomic mass is 16.5. The summed E-state index contributed by atoms with van der Waals surface area (Å²) < 4.78 is 4.68. The molecule has 0 bridgehead atoms. The van der Waals surface area contributed by atoms with E-state index >= 15 is 0 Å². The van der Waals surface area contributed by atoms with Crippen molar-refractivity contribution < 1.29 is 19.7 Å². The maximum Gasteiger partial charge on any atom is 0.309 e. The van der Waals surface area contributed by atoms with E-state index in [2.05, 4.69) is 10.1 Å². The normalized spacial score (nSPS) is 11.4. The van der Waals surface area contributed by atoms with Crippen molar-refractivity contribution in [3.05, 3.63) is 35.4 Å². The molecule has 0 aromatic heterocycles. The number of hydrogen-bond donors (Lipinski definition) is 3. The van der Waals surface area contributed by atoms with Crippen molar-refractivity contribution in [2.24, 2.45) is 0 Å². The number of aliphatic hydroxyl groups is 2. The predicted molar refractivity (Wildman–Crippen MR) is 76.2 cm³/mol. The Balaban J connectivity index is 2.79. The Bertz CT molecular complexity index is 421. The van der Waals surface area contributed by atoms with Crippen LogP contribution in [0.25, 0.3) is 0 Å². The fourth-order valence-electron chi connectivity index (χ4n) is 1.92. The lowest BCUT2D eigenvalue weighted by Crippen LogP contribution is -2.50. The maximum absolute atomic E-state index is 11.4. The molecule has 0 saturated carbocycles. The lowest BCUT2D eigenvalue weighted by Gasteiger charge is -2.30. The second kappa shape index (κ2) is 7.99. The largest absolute Gasteiger partial charge is 0.469 e. The summed E-state index contributed by atoms with van der Waals surface area (Å²) in [6, 6.07) is 7.55. The van der Waals surface area contributed by atoms with E-state index in [1.165, 1.54) is 7.11 Å². The number of methoxy groups -OCH3 is 1. The Morgan fingerprint density at radius 3 is 2.35 bits per heavy atom. The fourth-order valence-corrected chi connectivity index (χ4v) is 1.92. The molecule has 1 rings (SSSR count). The first-order chi connectivity index (χ1) is 9.60. The molecule has 5 nitrogen and oxygen atoms in total. The maximum atomic E-state index is 11.4. The minimum absolute atomic E-state index is 0.140. The first-order valence-corrected chi connectivity index (χ1v) is 6.71. The van der Waals surface area contributed by atoms with Gasteiger partial charge in [0.25, 0.3) is 0 Å². The zero-order valence-corrected chi connectivity index (χ0v) is 12.1. The quantitative estimate of drug-likeness (QED) is 0.609. The molecule has 0 saturated heterocycles. The molecular weight excluding hydrogens is 258 g/mol. The van der Waals surface area contributed by atoms with Gasteiger partial charge in [-0.1, -0.05) is 31.2 Å². The predicted octanol–water partition coefficient (Wildman–Crippen LogP) is 0.625. The number of rotatable bonds is 8. The van der Waals surface area contributed by atoms with Crippen LogP contribution in [0.15, 0.2) is 24.3 Å². The van der Waals surface area contributed by atoms with E-state index < -0.39 is 5.54 Å². The molecule has 5 heteroatoms. The van der Waals surface area contributed by atoms with E-state index in [1.807, 2.05) is 31.2 Å². The molecule has 0 aliphatic carbocycles. The average Bonchev–Trinajstić information content (AvgIpc) is 2.50. The van der Waals surface area contributed by atoms with Crippen molar-refractivity contribution in [2.75, 3.05) is 20.3 Å². The summed E-state index contributed by atoms with van der Waals surface area (Å²) in [5.41, 5.74) is 1.14. The van der Waals surface area contributed by atoms with Crippen LogP contribution in [0, 0.1) is 0 Å². The monoisotopic (exact) mass is 281 g/mol. The number of esters is 1. The minimum atomic E-state index is -0.696. The van der Waals surface area contributed by atoms with Crippen LogP contribution >= 0.6 is 0 Å². The van der Waals surface area contributed by atoms with Crippen LogP contribution in [0.1, 0.15) is 24.5 Å². The van der Waals surface area contributed by atoms with Crippen LogP contribution in [-0.2, 0) is 22.5 Å². The third-order valence-corrected chi connectivity index (χ3v) is 3.62. The lowest BCUT2D eigenvalue weighted by atomic mass is 9.97. The van der Waals surface area contributed by atoms with Crippen molar-refractivity contribution in [1.82, 2.24) is 5.32 Å². The van der Waals surface area contributed by atoms with Crippen molar-refractivity contribution in [2.45, 2.75) is 31.8 Å². The molecule has 0 spiro atoms. The molecule has 0 heterocycles. The summed E-state index contributed by atoms with van der Waals surface area (Å²) in [7, 11) is 1.36. The second-order valence-corrected chi connectivity index (χ2v) is 4.83. The van der Waals surface area contributed by atoms with E-state index in [4.69, 9.17) is 0 Å². The highest BCUT2D eigenvalue weighted by Crippen LogP contribution is 2.14. The summed E-state index contributed by atoms with van der Waals surface area (Å²) in [6.45, 7) is 2.10. The van der Waals surface area contributed by atoms with Gasteiger partial charge in [0.2, 0.25) is 0 Å². The number of carbonyl (C=O) groups excluding carboxylic acids is 1. The van der Waals surface area contributed by atoms with Gasteiger partial charge in [-0.15, -0.1) is 0 Å². The highest BCUT2D eigenvalue weighted by Gasteiger charge is 2.25. The molecule has 1 aromatic carbocycles. The summed E-state index contributed by atoms with van der Waals surface area (Å²) in [5.74, 6) is -0.288. The van der Waals surface area contributed by atoms with Crippen molar-refractivity contribution in [3.8, 4) is 0 Å². The summed E-state index contributed by atoms with van der Waals surface area (Å²) in [6.07, 6.45) is 0.824. The van der Waals surface area contributed by atoms with Gasteiger partial charge in [0.1, 0.15) is 0 Å². The van der Waals surface area contributed by atoms with Gasteiger partial charge in [-0.2, -0.15) is 0 Å². The Kier molecular flexibility index (Phi) is 6.64. The number of benzene rings is 1. The summed E-state index contributed by atoms with van der Waals surface area (Å²) in [5, 5.41) is 22.0. The molecule has 0 atom stereocenters. The van der Waals surface area contributed by atoms with Crippen molar-refractivity contribution >= 4 is 5.97 Å². The van der Waals surface area contributed by atoms with Crippen LogP contribution in [0.3, 0.4) is 0 Å². The van der Waals surface area contributed by atoms with Gasteiger partial charge in [0.15, 0.2) is 0 Å². The van der Waals surface area contributed by atoms with Crippen molar-refractivity contribution in [1.29, 1.82) is 0 Å². The molecular formula is C15H23NO4. The van der Waals surface area contributed by atoms with Crippen molar-refractivity contribution in [3.63, 3.8) is 0 Å². The number of ether oxygens (including phenoxy) is 1. The summed E-state index contributed by atoms with van der Waals surface area (Å²) >= 11 is 0. The van der Waals surface area contributed by atoms with Crippen LogP contribution in [0.2, 0.25) is 0 Å². The number of hydrogen-bond acceptors (Lipinski definition) is 5. The molecule has 1 aromatic rings. The van der Waals surface area contributed by atoms with Crippen LogP contribution in [0.5, 0.6) is 0 Å². The first-order valence-electron chi connectivity index (χ1n) is 6.71. The van der Waals surface area contributed by atoms with E-state index in [-0.39, 0.29) is 25.6 Å². The molecule has 0 radical (unpaired) electrons.